The van der Waals surface area contributed by atoms with Crippen molar-refractivity contribution in [3.63, 3.8) is 0 Å². The molecule has 7 heteroatoms. The minimum atomic E-state index is -0.359. The van der Waals surface area contributed by atoms with Crippen LogP contribution in [-0.2, 0) is 6.54 Å². The standard InChI is InChI=1S/C18H13ClN4O2/c19-14-8-6-13(7-9-14)12-23-18(25)22-11-10-21(17(24)16(22)20-23)15-4-2-1-3-5-15/h1-11H,12H2. The Labute approximate surface area is 147 Å². The molecule has 0 unspecified atom stereocenters. The van der Waals surface area contributed by atoms with Gasteiger partial charge in [0.1, 0.15) is 0 Å². The Balaban J connectivity index is 1.82. The molecule has 4 aromatic rings. The van der Waals surface area contributed by atoms with Gasteiger partial charge in [0.05, 0.1) is 6.54 Å². The van der Waals surface area contributed by atoms with E-state index in [2.05, 4.69) is 5.10 Å². The van der Waals surface area contributed by atoms with Crippen molar-refractivity contribution in [2.45, 2.75) is 6.54 Å². The lowest BCUT2D eigenvalue weighted by Gasteiger charge is -2.04. The third-order valence-electron chi connectivity index (χ3n) is 3.93. The number of halogens is 1. The van der Waals surface area contributed by atoms with Crippen molar-refractivity contribution in [3.8, 4) is 5.69 Å². The maximum atomic E-state index is 12.7. The van der Waals surface area contributed by atoms with E-state index >= 15 is 0 Å². The fourth-order valence-electron chi connectivity index (χ4n) is 2.67. The fourth-order valence-corrected chi connectivity index (χ4v) is 2.79. The Bertz CT molecular complexity index is 1160. The molecule has 0 fully saturated rings. The van der Waals surface area contributed by atoms with E-state index in [4.69, 9.17) is 11.6 Å². The average molecular weight is 353 g/mol. The van der Waals surface area contributed by atoms with Crippen molar-refractivity contribution in [2.24, 2.45) is 0 Å². The lowest BCUT2D eigenvalue weighted by atomic mass is 10.2. The van der Waals surface area contributed by atoms with Gasteiger partial charge in [-0.25, -0.2) is 13.9 Å². The van der Waals surface area contributed by atoms with Gasteiger partial charge >= 0.3 is 11.2 Å². The van der Waals surface area contributed by atoms with E-state index in [0.717, 1.165) is 11.3 Å². The first-order chi connectivity index (χ1) is 12.1. The number of aromatic nitrogens is 4. The fraction of sp³-hybridized carbons (Fsp3) is 0.0556. The molecule has 0 aliphatic heterocycles. The summed E-state index contributed by atoms with van der Waals surface area (Å²) >= 11 is 5.87. The summed E-state index contributed by atoms with van der Waals surface area (Å²) in [6.07, 6.45) is 3.12. The second-order valence-electron chi connectivity index (χ2n) is 5.57. The van der Waals surface area contributed by atoms with Crippen molar-refractivity contribution in [1.29, 1.82) is 0 Å². The third-order valence-corrected chi connectivity index (χ3v) is 4.18. The molecule has 0 aliphatic carbocycles. The van der Waals surface area contributed by atoms with Gasteiger partial charge < -0.3 is 0 Å². The van der Waals surface area contributed by atoms with E-state index in [1.807, 2.05) is 42.5 Å². The first-order valence-electron chi connectivity index (χ1n) is 7.64. The first-order valence-corrected chi connectivity index (χ1v) is 8.02. The maximum absolute atomic E-state index is 12.7. The van der Waals surface area contributed by atoms with Crippen molar-refractivity contribution >= 4 is 17.2 Å². The summed E-state index contributed by atoms with van der Waals surface area (Å²) in [4.78, 5) is 25.2. The number of para-hydroxylation sites is 1. The van der Waals surface area contributed by atoms with Crippen LogP contribution in [0.5, 0.6) is 0 Å². The largest absolute Gasteiger partial charge is 0.350 e. The van der Waals surface area contributed by atoms with Crippen LogP contribution in [0.25, 0.3) is 11.3 Å². The molecule has 0 spiro atoms. The number of rotatable bonds is 3. The summed E-state index contributed by atoms with van der Waals surface area (Å²) in [6.45, 7) is 0.266. The molecular weight excluding hydrogens is 340 g/mol. The molecule has 4 rings (SSSR count). The first kappa shape index (κ1) is 15.4. The van der Waals surface area contributed by atoms with E-state index in [9.17, 15) is 9.59 Å². The summed E-state index contributed by atoms with van der Waals surface area (Å²) in [5.41, 5.74) is 0.973. The lowest BCUT2D eigenvalue weighted by Crippen LogP contribution is -2.24. The molecule has 0 aliphatic rings. The molecule has 0 saturated heterocycles. The van der Waals surface area contributed by atoms with Crippen LogP contribution in [0.2, 0.25) is 5.02 Å². The van der Waals surface area contributed by atoms with E-state index in [1.165, 1.54) is 13.6 Å². The normalized spacial score (nSPS) is 11.1. The molecule has 25 heavy (non-hydrogen) atoms. The molecular formula is C18H13ClN4O2. The third kappa shape index (κ3) is 2.77. The maximum Gasteiger partial charge on any atom is 0.350 e. The number of fused-ring (bicyclic) bond motifs is 1. The number of benzene rings is 2. The molecule has 2 aromatic carbocycles. The van der Waals surface area contributed by atoms with Crippen molar-refractivity contribution in [2.75, 3.05) is 0 Å². The monoisotopic (exact) mass is 352 g/mol. The topological polar surface area (TPSA) is 61.3 Å². The molecule has 2 heterocycles. The summed E-state index contributed by atoms with van der Waals surface area (Å²) in [5, 5.41) is 4.84. The zero-order valence-electron chi connectivity index (χ0n) is 13.0. The Morgan fingerprint density at radius 1 is 0.920 bits per heavy atom. The summed E-state index contributed by atoms with van der Waals surface area (Å²) in [5.74, 6) is 0. The van der Waals surface area contributed by atoms with Crippen LogP contribution >= 0.6 is 11.6 Å². The van der Waals surface area contributed by atoms with E-state index in [0.29, 0.717) is 5.02 Å². The number of nitrogens with zero attached hydrogens (tertiary/aromatic N) is 4. The van der Waals surface area contributed by atoms with Crippen molar-refractivity contribution in [3.05, 3.63) is 98.4 Å². The second-order valence-corrected chi connectivity index (χ2v) is 6.01. The molecule has 0 radical (unpaired) electrons. The molecule has 0 N–H and O–H groups in total. The quantitative estimate of drug-likeness (QED) is 0.568. The van der Waals surface area contributed by atoms with Crippen molar-refractivity contribution < 1.29 is 0 Å². The summed E-state index contributed by atoms with van der Waals surface area (Å²) < 4.78 is 4.00. The summed E-state index contributed by atoms with van der Waals surface area (Å²) in [7, 11) is 0. The zero-order chi connectivity index (χ0) is 17.4. The predicted molar refractivity (Wildman–Crippen MR) is 95.6 cm³/mol. The van der Waals surface area contributed by atoms with Crippen LogP contribution in [-0.4, -0.2) is 18.7 Å². The Morgan fingerprint density at radius 3 is 2.36 bits per heavy atom. The van der Waals surface area contributed by atoms with Crippen molar-refractivity contribution in [1.82, 2.24) is 18.7 Å². The van der Waals surface area contributed by atoms with Crippen LogP contribution in [0, 0.1) is 0 Å². The van der Waals surface area contributed by atoms with Crippen LogP contribution in [0.1, 0.15) is 5.56 Å². The van der Waals surface area contributed by atoms with Gasteiger partial charge in [-0.15, -0.1) is 5.10 Å². The Morgan fingerprint density at radius 2 is 1.64 bits per heavy atom. The average Bonchev–Trinajstić information content (AvgIpc) is 2.95. The molecule has 0 saturated carbocycles. The molecule has 6 nitrogen and oxygen atoms in total. The zero-order valence-corrected chi connectivity index (χ0v) is 13.8. The van der Waals surface area contributed by atoms with Gasteiger partial charge in [-0.1, -0.05) is 41.9 Å². The molecule has 124 valence electrons. The lowest BCUT2D eigenvalue weighted by molar-refractivity contribution is 0.658. The van der Waals surface area contributed by atoms with Crippen LogP contribution in [0.4, 0.5) is 0 Å². The van der Waals surface area contributed by atoms with Gasteiger partial charge in [-0.05, 0) is 29.8 Å². The minimum Gasteiger partial charge on any atom is -0.280 e. The van der Waals surface area contributed by atoms with Crippen LogP contribution in [0.15, 0.2) is 76.6 Å². The van der Waals surface area contributed by atoms with Gasteiger partial charge in [0.2, 0.25) is 5.65 Å². The smallest absolute Gasteiger partial charge is 0.280 e. The van der Waals surface area contributed by atoms with E-state index < -0.39 is 0 Å². The highest BCUT2D eigenvalue weighted by Crippen LogP contribution is 2.10. The molecule has 0 atom stereocenters. The van der Waals surface area contributed by atoms with E-state index in [1.54, 1.807) is 24.5 Å². The second kappa shape index (κ2) is 6.07. The SMILES string of the molecule is O=c1c2nn(Cc3ccc(Cl)cc3)c(=O)n2ccn1-c1ccccc1. The van der Waals surface area contributed by atoms with Gasteiger partial charge in [-0.2, -0.15) is 0 Å². The molecule has 0 amide bonds. The van der Waals surface area contributed by atoms with Gasteiger partial charge in [0.25, 0.3) is 0 Å². The minimum absolute atomic E-state index is 0.0883. The highest BCUT2D eigenvalue weighted by molar-refractivity contribution is 6.30. The Kier molecular flexibility index (Phi) is 3.74. The highest BCUT2D eigenvalue weighted by atomic mass is 35.5. The van der Waals surface area contributed by atoms with Gasteiger partial charge in [0.15, 0.2) is 0 Å². The molecule has 2 aromatic heterocycles. The highest BCUT2D eigenvalue weighted by Gasteiger charge is 2.12. The van der Waals surface area contributed by atoms with Crippen LogP contribution in [0.3, 0.4) is 0 Å². The van der Waals surface area contributed by atoms with Crippen LogP contribution < -0.4 is 11.2 Å². The van der Waals surface area contributed by atoms with Gasteiger partial charge in [-0.3, -0.25) is 9.36 Å². The van der Waals surface area contributed by atoms with E-state index in [-0.39, 0.29) is 23.4 Å². The summed E-state index contributed by atoms with van der Waals surface area (Å²) in [6, 6.07) is 16.3. The molecule has 0 bridgehead atoms. The number of hydrogen-bond donors (Lipinski definition) is 0. The number of hydrogen-bond acceptors (Lipinski definition) is 3. The van der Waals surface area contributed by atoms with Gasteiger partial charge in [0, 0.05) is 23.1 Å². The Hall–Kier alpha value is -3.12. The predicted octanol–water partition coefficient (Wildman–Crippen LogP) is 2.35.